The molecule has 0 aromatic heterocycles. The van der Waals surface area contributed by atoms with Crippen molar-refractivity contribution in [3.8, 4) is 5.75 Å². The maximum absolute atomic E-state index is 13.1. The normalized spacial score (nSPS) is 18.2. The van der Waals surface area contributed by atoms with Crippen LogP contribution in [0, 0.1) is 0 Å². The summed E-state index contributed by atoms with van der Waals surface area (Å²) in [7, 11) is 1.63. The Kier molecular flexibility index (Phi) is 6.46. The van der Waals surface area contributed by atoms with Crippen molar-refractivity contribution in [1.82, 2.24) is 15.1 Å². The van der Waals surface area contributed by atoms with E-state index in [2.05, 4.69) is 19.2 Å². The highest BCUT2D eigenvalue weighted by molar-refractivity contribution is 6.09. The van der Waals surface area contributed by atoms with E-state index in [4.69, 9.17) is 4.74 Å². The summed E-state index contributed by atoms with van der Waals surface area (Å²) in [6, 6.07) is 12.7. The minimum Gasteiger partial charge on any atom is -0.497 e. The Morgan fingerprint density at radius 2 is 1.56 bits per heavy atom. The first kappa shape index (κ1) is 23.5. The van der Waals surface area contributed by atoms with Crippen LogP contribution in [0.3, 0.4) is 0 Å². The number of hydrogen-bond acceptors (Lipinski definition) is 5. The van der Waals surface area contributed by atoms with Crippen LogP contribution in [0.2, 0.25) is 0 Å². The molecule has 7 nitrogen and oxygen atoms in total. The molecule has 2 aromatic carbocycles. The molecule has 0 spiro atoms. The van der Waals surface area contributed by atoms with E-state index >= 15 is 0 Å². The number of nitrogens with one attached hydrogen (secondary N) is 1. The predicted octanol–water partition coefficient (Wildman–Crippen LogP) is 3.15. The molecule has 1 fully saturated rings. The molecule has 0 bridgehead atoms. The van der Waals surface area contributed by atoms with Crippen LogP contribution in [0.5, 0.6) is 5.75 Å². The van der Waals surface area contributed by atoms with Gasteiger partial charge in [-0.1, -0.05) is 18.2 Å². The number of amides is 2. The number of rotatable bonds is 4. The summed E-state index contributed by atoms with van der Waals surface area (Å²) in [6.07, 6.45) is 2.46. The van der Waals surface area contributed by atoms with Crippen molar-refractivity contribution in [1.29, 1.82) is 0 Å². The van der Waals surface area contributed by atoms with Gasteiger partial charge in [0.15, 0.2) is 5.78 Å². The van der Waals surface area contributed by atoms with Crippen molar-refractivity contribution in [2.45, 2.75) is 32.7 Å². The lowest BCUT2D eigenvalue weighted by molar-refractivity contribution is -0.130. The molecule has 2 aliphatic heterocycles. The van der Waals surface area contributed by atoms with Gasteiger partial charge >= 0.3 is 0 Å². The fraction of sp³-hybridized carbons (Fsp3) is 0.370. The molecule has 2 heterocycles. The van der Waals surface area contributed by atoms with Crippen molar-refractivity contribution in [3.63, 3.8) is 0 Å². The quantitative estimate of drug-likeness (QED) is 0.559. The van der Waals surface area contributed by atoms with Gasteiger partial charge in [0, 0.05) is 67.1 Å². The molecule has 4 rings (SSSR count). The highest BCUT2D eigenvalue weighted by atomic mass is 16.5. The topological polar surface area (TPSA) is 79.0 Å². The number of benzene rings is 2. The molecule has 0 saturated carbocycles. The molecular formula is C27H31N3O4. The molecule has 7 heteroatoms. The standard InChI is InChI=1S/C27H31N3O4/c1-18(31)29-11-13-30(14-12-29)26(33)20-7-5-19(6-8-20)25(32)16-24-23-15-22(34-4)10-9-21(23)17-27(2,3)28-24/h5-10,15-16,28H,11-14,17H2,1-4H3/b24-16-. The smallest absolute Gasteiger partial charge is 0.253 e. The van der Waals surface area contributed by atoms with Gasteiger partial charge in [-0.05, 0) is 50.1 Å². The van der Waals surface area contributed by atoms with Crippen LogP contribution in [-0.4, -0.2) is 66.2 Å². The zero-order chi connectivity index (χ0) is 24.5. The summed E-state index contributed by atoms with van der Waals surface area (Å²) in [5, 5.41) is 3.48. The number of nitrogens with zero attached hydrogens (tertiary/aromatic N) is 2. The highest BCUT2D eigenvalue weighted by Crippen LogP contribution is 2.32. The van der Waals surface area contributed by atoms with E-state index < -0.39 is 0 Å². The van der Waals surface area contributed by atoms with E-state index in [-0.39, 0.29) is 23.1 Å². The average molecular weight is 462 g/mol. The molecule has 1 N–H and O–H groups in total. The number of carbonyl (C=O) groups is 3. The Balaban J connectivity index is 1.51. The SMILES string of the molecule is COc1ccc2c(c1)/C(=C/C(=O)c1ccc(C(=O)N3CCN(C(C)=O)CC3)cc1)NC(C)(C)C2. The maximum atomic E-state index is 13.1. The average Bonchev–Trinajstić information content (AvgIpc) is 2.83. The van der Waals surface area contributed by atoms with Crippen molar-refractivity contribution in [3.05, 3.63) is 70.8 Å². The third-order valence-corrected chi connectivity index (χ3v) is 6.42. The van der Waals surface area contributed by atoms with Crippen LogP contribution in [0.25, 0.3) is 5.70 Å². The fourth-order valence-electron chi connectivity index (χ4n) is 4.55. The Hall–Kier alpha value is -3.61. The van der Waals surface area contributed by atoms with Crippen molar-refractivity contribution in [2.75, 3.05) is 33.3 Å². The summed E-state index contributed by atoms with van der Waals surface area (Å²) in [6.45, 7) is 7.86. The predicted molar refractivity (Wildman–Crippen MR) is 131 cm³/mol. The van der Waals surface area contributed by atoms with E-state index in [1.165, 1.54) is 0 Å². The third-order valence-electron chi connectivity index (χ3n) is 6.42. The first-order valence-corrected chi connectivity index (χ1v) is 11.5. The largest absolute Gasteiger partial charge is 0.497 e. The second-order valence-electron chi connectivity index (χ2n) is 9.51. The number of ketones is 1. The lowest BCUT2D eigenvalue weighted by Crippen LogP contribution is -2.50. The third kappa shape index (κ3) is 4.98. The van der Waals surface area contributed by atoms with E-state index in [1.807, 2.05) is 18.2 Å². The number of piperazine rings is 1. The zero-order valence-electron chi connectivity index (χ0n) is 20.2. The van der Waals surface area contributed by atoms with Gasteiger partial charge in [0.1, 0.15) is 5.75 Å². The van der Waals surface area contributed by atoms with Crippen LogP contribution >= 0.6 is 0 Å². The summed E-state index contributed by atoms with van der Waals surface area (Å²) in [5.74, 6) is 0.548. The second kappa shape index (κ2) is 9.33. The molecule has 2 amide bonds. The number of hydrogen-bond donors (Lipinski definition) is 1. The minimum atomic E-state index is -0.184. The molecular weight excluding hydrogens is 430 g/mol. The second-order valence-corrected chi connectivity index (χ2v) is 9.51. The van der Waals surface area contributed by atoms with Gasteiger partial charge in [0.05, 0.1) is 7.11 Å². The van der Waals surface area contributed by atoms with Gasteiger partial charge in [-0.25, -0.2) is 0 Å². The van der Waals surface area contributed by atoms with Crippen LogP contribution in [0.1, 0.15) is 52.6 Å². The number of allylic oxidation sites excluding steroid dienone is 1. The van der Waals surface area contributed by atoms with E-state index in [0.717, 1.165) is 29.0 Å². The van der Waals surface area contributed by atoms with Crippen molar-refractivity contribution >= 4 is 23.3 Å². The van der Waals surface area contributed by atoms with Crippen molar-refractivity contribution in [2.24, 2.45) is 0 Å². The Morgan fingerprint density at radius 1 is 0.941 bits per heavy atom. The molecule has 2 aliphatic rings. The number of methoxy groups -OCH3 is 1. The maximum Gasteiger partial charge on any atom is 0.253 e. The summed E-state index contributed by atoms with van der Waals surface area (Å²) >= 11 is 0. The van der Waals surface area contributed by atoms with E-state index in [0.29, 0.717) is 37.3 Å². The number of fused-ring (bicyclic) bond motifs is 1. The molecule has 2 aromatic rings. The first-order valence-electron chi connectivity index (χ1n) is 11.5. The van der Waals surface area contributed by atoms with Crippen LogP contribution in [0.4, 0.5) is 0 Å². The van der Waals surface area contributed by atoms with Gasteiger partial charge in [-0.3, -0.25) is 14.4 Å². The monoisotopic (exact) mass is 461 g/mol. The Morgan fingerprint density at radius 3 is 2.18 bits per heavy atom. The Bertz CT molecular complexity index is 1140. The van der Waals surface area contributed by atoms with E-state index in [9.17, 15) is 14.4 Å². The first-order chi connectivity index (χ1) is 16.2. The van der Waals surface area contributed by atoms with Gasteiger partial charge in [-0.2, -0.15) is 0 Å². The molecule has 178 valence electrons. The zero-order valence-corrected chi connectivity index (χ0v) is 20.2. The molecule has 0 unspecified atom stereocenters. The van der Waals surface area contributed by atoms with Crippen LogP contribution in [0.15, 0.2) is 48.5 Å². The fourth-order valence-corrected chi connectivity index (χ4v) is 4.55. The van der Waals surface area contributed by atoms with Gasteiger partial charge in [0.25, 0.3) is 5.91 Å². The highest BCUT2D eigenvalue weighted by Gasteiger charge is 2.28. The molecule has 34 heavy (non-hydrogen) atoms. The summed E-state index contributed by atoms with van der Waals surface area (Å²) in [5.41, 5.74) is 3.75. The van der Waals surface area contributed by atoms with Gasteiger partial charge < -0.3 is 19.9 Å². The molecule has 1 saturated heterocycles. The lowest BCUT2D eigenvalue weighted by atomic mass is 9.85. The number of ether oxygens (including phenoxy) is 1. The van der Waals surface area contributed by atoms with E-state index in [1.54, 1.807) is 54.2 Å². The molecule has 0 atom stereocenters. The van der Waals surface area contributed by atoms with Crippen LogP contribution in [-0.2, 0) is 11.2 Å². The summed E-state index contributed by atoms with van der Waals surface area (Å²) in [4.78, 5) is 40.9. The summed E-state index contributed by atoms with van der Waals surface area (Å²) < 4.78 is 5.38. The van der Waals surface area contributed by atoms with Gasteiger partial charge in [0.2, 0.25) is 5.91 Å². The van der Waals surface area contributed by atoms with Crippen molar-refractivity contribution < 1.29 is 19.1 Å². The minimum absolute atomic E-state index is 0.0287. The van der Waals surface area contributed by atoms with Crippen LogP contribution < -0.4 is 10.1 Å². The molecule has 0 aliphatic carbocycles. The number of carbonyl (C=O) groups excluding carboxylic acids is 3. The molecule has 0 radical (unpaired) electrons. The van der Waals surface area contributed by atoms with Gasteiger partial charge in [-0.15, -0.1) is 0 Å². The Labute approximate surface area is 200 Å². The lowest BCUT2D eigenvalue weighted by Gasteiger charge is -2.35.